The molecule has 0 aromatic heterocycles. The zero-order valence-corrected chi connectivity index (χ0v) is 6.74. The van der Waals surface area contributed by atoms with E-state index in [9.17, 15) is 10.2 Å². The Hall–Kier alpha value is -0.120. The molecule has 1 fully saturated rings. The fraction of sp³-hybridized carbons (Fsp3) is 1.00. The minimum absolute atomic E-state index is 0.502. The molecule has 1 aliphatic carbocycles. The first-order chi connectivity index (χ1) is 5.24. The van der Waals surface area contributed by atoms with Crippen LogP contribution in [-0.2, 0) is 0 Å². The molecule has 0 amide bonds. The summed E-state index contributed by atoms with van der Waals surface area (Å²) in [4.78, 5) is 0. The molecule has 3 heteroatoms. The molecule has 1 saturated carbocycles. The van der Waals surface area contributed by atoms with Crippen LogP contribution < -0.4 is 5.73 Å². The fourth-order valence-electron chi connectivity index (χ4n) is 1.58. The molecule has 1 rings (SSSR count). The highest BCUT2D eigenvalue weighted by molar-refractivity contribution is 4.76. The van der Waals surface area contributed by atoms with Gasteiger partial charge in [0.15, 0.2) is 0 Å². The van der Waals surface area contributed by atoms with E-state index in [2.05, 4.69) is 0 Å². The number of aliphatic hydroxyl groups excluding tert-OH is 2. The lowest BCUT2D eigenvalue weighted by molar-refractivity contribution is 0.0157. The van der Waals surface area contributed by atoms with E-state index >= 15 is 0 Å². The number of hydrogen-bond acceptors (Lipinski definition) is 3. The summed E-state index contributed by atoms with van der Waals surface area (Å²) in [6.45, 7) is 0.680. The van der Waals surface area contributed by atoms with Crippen LogP contribution in [0.25, 0.3) is 0 Å². The summed E-state index contributed by atoms with van der Waals surface area (Å²) in [5.41, 5.74) is 5.50. The maximum absolute atomic E-state index is 9.28. The average molecular weight is 159 g/mol. The van der Waals surface area contributed by atoms with Gasteiger partial charge in [0.1, 0.15) is 0 Å². The number of hydrogen-bond donors (Lipinski definition) is 3. The Morgan fingerprint density at radius 1 is 1.00 bits per heavy atom. The highest BCUT2D eigenvalue weighted by Crippen LogP contribution is 2.22. The minimum atomic E-state index is -0.522. The van der Waals surface area contributed by atoms with E-state index in [1.165, 1.54) is 0 Å². The van der Waals surface area contributed by atoms with Gasteiger partial charge in [-0.1, -0.05) is 0 Å². The van der Waals surface area contributed by atoms with Crippen LogP contribution in [0.2, 0.25) is 0 Å². The van der Waals surface area contributed by atoms with Gasteiger partial charge in [0.2, 0.25) is 0 Å². The molecule has 66 valence electrons. The Labute approximate surface area is 67.2 Å². The molecule has 0 spiro atoms. The second kappa shape index (κ2) is 4.04. The first-order valence-corrected chi connectivity index (χ1v) is 4.30. The van der Waals surface area contributed by atoms with Gasteiger partial charge in [-0.3, -0.25) is 0 Å². The predicted molar refractivity (Wildman–Crippen MR) is 43.0 cm³/mol. The maximum Gasteiger partial charge on any atom is 0.0799 e. The fourth-order valence-corrected chi connectivity index (χ4v) is 1.58. The van der Waals surface area contributed by atoms with Crippen molar-refractivity contribution in [1.82, 2.24) is 0 Å². The molecule has 0 bridgehead atoms. The molecule has 3 nitrogen and oxygen atoms in total. The van der Waals surface area contributed by atoms with Crippen molar-refractivity contribution in [2.45, 2.75) is 37.9 Å². The van der Waals surface area contributed by atoms with Crippen LogP contribution in [0.15, 0.2) is 0 Å². The monoisotopic (exact) mass is 159 g/mol. The molecule has 0 radical (unpaired) electrons. The van der Waals surface area contributed by atoms with Crippen LogP contribution >= 0.6 is 0 Å². The topological polar surface area (TPSA) is 66.5 Å². The molecule has 2 atom stereocenters. The first-order valence-electron chi connectivity index (χ1n) is 4.30. The van der Waals surface area contributed by atoms with E-state index in [1.807, 2.05) is 0 Å². The smallest absolute Gasteiger partial charge is 0.0799 e. The number of nitrogens with two attached hydrogens (primary N) is 1. The van der Waals surface area contributed by atoms with Crippen LogP contribution in [0.5, 0.6) is 0 Å². The van der Waals surface area contributed by atoms with E-state index in [-0.39, 0.29) is 0 Å². The standard InChI is InChI=1S/C8H17NO2/c9-5-6-1-3-7(10)8(11)4-2-6/h6-8,10-11H,1-5,9H2. The zero-order chi connectivity index (χ0) is 8.27. The van der Waals surface area contributed by atoms with E-state index in [4.69, 9.17) is 5.73 Å². The van der Waals surface area contributed by atoms with Crippen LogP contribution in [-0.4, -0.2) is 29.0 Å². The number of rotatable bonds is 1. The summed E-state index contributed by atoms with van der Waals surface area (Å²) < 4.78 is 0. The molecule has 1 aliphatic rings. The van der Waals surface area contributed by atoms with Crippen molar-refractivity contribution in [2.75, 3.05) is 6.54 Å². The number of aliphatic hydroxyl groups is 2. The molecule has 0 aromatic carbocycles. The molecule has 11 heavy (non-hydrogen) atoms. The third-order valence-corrected chi connectivity index (χ3v) is 2.52. The van der Waals surface area contributed by atoms with Crippen molar-refractivity contribution in [3.63, 3.8) is 0 Å². The quantitative estimate of drug-likeness (QED) is 0.466. The van der Waals surface area contributed by atoms with Crippen molar-refractivity contribution in [3.05, 3.63) is 0 Å². The zero-order valence-electron chi connectivity index (χ0n) is 6.74. The van der Waals surface area contributed by atoms with Gasteiger partial charge in [-0.25, -0.2) is 0 Å². The lowest BCUT2D eigenvalue weighted by Crippen LogP contribution is -2.23. The Balaban J connectivity index is 2.38. The largest absolute Gasteiger partial charge is 0.390 e. The summed E-state index contributed by atoms with van der Waals surface area (Å²) >= 11 is 0. The van der Waals surface area contributed by atoms with Gasteiger partial charge in [0, 0.05) is 0 Å². The van der Waals surface area contributed by atoms with Crippen LogP contribution in [0, 0.1) is 5.92 Å². The van der Waals surface area contributed by atoms with Crippen LogP contribution in [0.3, 0.4) is 0 Å². The van der Waals surface area contributed by atoms with E-state index in [0.717, 1.165) is 12.8 Å². The Bertz CT molecular complexity index is 107. The van der Waals surface area contributed by atoms with Gasteiger partial charge in [-0.15, -0.1) is 0 Å². The molecule has 0 aliphatic heterocycles. The molecular weight excluding hydrogens is 142 g/mol. The Morgan fingerprint density at radius 3 is 1.82 bits per heavy atom. The van der Waals surface area contributed by atoms with Gasteiger partial charge in [0.05, 0.1) is 12.2 Å². The second-order valence-electron chi connectivity index (χ2n) is 3.39. The normalized spacial score (nSPS) is 40.1. The summed E-state index contributed by atoms with van der Waals surface area (Å²) in [5, 5.41) is 18.6. The summed E-state index contributed by atoms with van der Waals surface area (Å²) in [6, 6.07) is 0. The molecule has 0 heterocycles. The van der Waals surface area contributed by atoms with Crippen molar-refractivity contribution >= 4 is 0 Å². The third-order valence-electron chi connectivity index (χ3n) is 2.52. The average Bonchev–Trinajstić information content (AvgIpc) is 2.16. The molecule has 0 aromatic rings. The first kappa shape index (κ1) is 8.97. The molecule has 2 unspecified atom stereocenters. The van der Waals surface area contributed by atoms with Crippen molar-refractivity contribution in [3.8, 4) is 0 Å². The molecular formula is C8H17NO2. The van der Waals surface area contributed by atoms with Crippen molar-refractivity contribution < 1.29 is 10.2 Å². The van der Waals surface area contributed by atoms with Gasteiger partial charge in [-0.05, 0) is 38.1 Å². The SMILES string of the molecule is NCC1CCC(O)C(O)CC1. The summed E-state index contributed by atoms with van der Waals surface area (Å²) in [5.74, 6) is 0.502. The summed E-state index contributed by atoms with van der Waals surface area (Å²) in [6.07, 6.45) is 2.26. The van der Waals surface area contributed by atoms with Gasteiger partial charge >= 0.3 is 0 Å². The predicted octanol–water partition coefficient (Wildman–Crippen LogP) is -0.143. The van der Waals surface area contributed by atoms with E-state index in [0.29, 0.717) is 25.3 Å². The van der Waals surface area contributed by atoms with Gasteiger partial charge in [0.25, 0.3) is 0 Å². The summed E-state index contributed by atoms with van der Waals surface area (Å²) in [7, 11) is 0. The van der Waals surface area contributed by atoms with Crippen molar-refractivity contribution in [2.24, 2.45) is 11.7 Å². The van der Waals surface area contributed by atoms with E-state index < -0.39 is 12.2 Å². The van der Waals surface area contributed by atoms with Crippen molar-refractivity contribution in [1.29, 1.82) is 0 Å². The second-order valence-corrected chi connectivity index (χ2v) is 3.39. The van der Waals surface area contributed by atoms with Crippen LogP contribution in [0.4, 0.5) is 0 Å². The highest BCUT2D eigenvalue weighted by atomic mass is 16.3. The Morgan fingerprint density at radius 2 is 1.45 bits per heavy atom. The maximum atomic E-state index is 9.28. The van der Waals surface area contributed by atoms with Gasteiger partial charge < -0.3 is 15.9 Å². The minimum Gasteiger partial charge on any atom is -0.390 e. The van der Waals surface area contributed by atoms with Crippen LogP contribution in [0.1, 0.15) is 25.7 Å². The Kier molecular flexibility index (Phi) is 3.30. The third kappa shape index (κ3) is 2.43. The lowest BCUT2D eigenvalue weighted by atomic mass is 10.0. The van der Waals surface area contributed by atoms with E-state index in [1.54, 1.807) is 0 Å². The molecule has 0 saturated heterocycles. The molecule has 4 N–H and O–H groups in total. The lowest BCUT2D eigenvalue weighted by Gasteiger charge is -2.12. The van der Waals surface area contributed by atoms with Gasteiger partial charge in [-0.2, -0.15) is 0 Å². The highest BCUT2D eigenvalue weighted by Gasteiger charge is 2.22.